The third kappa shape index (κ3) is 4.18. The molecule has 6 nitrogen and oxygen atoms in total. The summed E-state index contributed by atoms with van der Waals surface area (Å²) in [7, 11) is 0. The van der Waals surface area contributed by atoms with Crippen LogP contribution in [-0.2, 0) is 17.6 Å². The Labute approximate surface area is 155 Å². The largest absolute Gasteiger partial charge is 0.440 e. The van der Waals surface area contributed by atoms with E-state index in [-0.39, 0.29) is 18.2 Å². The fraction of sp³-hybridized carbons (Fsp3) is 0.211. The average Bonchev–Trinajstić information content (AvgIpc) is 3.30. The van der Waals surface area contributed by atoms with Gasteiger partial charge in [-0.15, -0.1) is 11.3 Å². The van der Waals surface area contributed by atoms with Gasteiger partial charge in [0.1, 0.15) is 5.76 Å². The lowest BCUT2D eigenvalue weighted by Crippen LogP contribution is -2.42. The zero-order valence-electron chi connectivity index (χ0n) is 14.5. The lowest BCUT2D eigenvalue weighted by atomic mass is 10.1. The van der Waals surface area contributed by atoms with Gasteiger partial charge in [-0.25, -0.2) is 4.98 Å². The predicted octanol–water partition coefficient (Wildman–Crippen LogP) is 3.28. The third-order valence-electron chi connectivity index (χ3n) is 3.89. The molecule has 0 aliphatic rings. The molecule has 2 heterocycles. The summed E-state index contributed by atoms with van der Waals surface area (Å²) in [6.07, 6.45) is 0.929. The van der Waals surface area contributed by atoms with Gasteiger partial charge in [-0.1, -0.05) is 25.1 Å². The molecule has 1 aromatic carbocycles. The number of carbonyl (C=O) groups excluding carboxylic acids is 2. The first-order valence-corrected chi connectivity index (χ1v) is 9.13. The molecule has 2 N–H and O–H groups in total. The van der Waals surface area contributed by atoms with Crippen molar-refractivity contribution in [2.45, 2.75) is 26.7 Å². The highest BCUT2D eigenvalue weighted by Crippen LogP contribution is 2.25. The molecule has 2 aromatic heterocycles. The average molecular weight is 369 g/mol. The first kappa shape index (κ1) is 17.9. The van der Waals surface area contributed by atoms with E-state index in [1.807, 2.05) is 36.6 Å². The standard InChI is InChI=1S/C19H19N3O3S/c1-3-13-6-8-14(9-7-13)18(24)22-21-17(23)11-15-12(2)25-19(20-15)16-5-4-10-26-16/h4-10H,3,11H2,1-2H3,(H,21,23)(H,22,24). The first-order valence-electron chi connectivity index (χ1n) is 8.25. The van der Waals surface area contributed by atoms with E-state index >= 15 is 0 Å². The van der Waals surface area contributed by atoms with E-state index in [0.29, 0.717) is 22.9 Å². The summed E-state index contributed by atoms with van der Waals surface area (Å²) in [4.78, 5) is 29.4. The van der Waals surface area contributed by atoms with Crippen LogP contribution in [0.25, 0.3) is 10.8 Å². The molecule has 3 rings (SSSR count). The molecular weight excluding hydrogens is 350 g/mol. The number of hydrazine groups is 1. The van der Waals surface area contributed by atoms with Crippen molar-refractivity contribution >= 4 is 23.2 Å². The normalized spacial score (nSPS) is 10.5. The number of nitrogens with one attached hydrogen (secondary N) is 2. The minimum atomic E-state index is -0.364. The summed E-state index contributed by atoms with van der Waals surface area (Å²) in [6.45, 7) is 3.81. The van der Waals surface area contributed by atoms with Gasteiger partial charge in [0.25, 0.3) is 5.91 Å². The number of amides is 2. The van der Waals surface area contributed by atoms with Crippen LogP contribution >= 0.6 is 11.3 Å². The molecule has 134 valence electrons. The second kappa shape index (κ2) is 7.97. The molecule has 3 aromatic rings. The third-order valence-corrected chi connectivity index (χ3v) is 4.75. The number of nitrogens with zero attached hydrogens (tertiary/aromatic N) is 1. The van der Waals surface area contributed by atoms with Crippen molar-refractivity contribution in [3.05, 3.63) is 64.4 Å². The fourth-order valence-electron chi connectivity index (χ4n) is 2.38. The van der Waals surface area contributed by atoms with Gasteiger partial charge in [-0.2, -0.15) is 0 Å². The molecule has 26 heavy (non-hydrogen) atoms. The summed E-state index contributed by atoms with van der Waals surface area (Å²) < 4.78 is 5.61. The molecule has 0 radical (unpaired) electrons. The molecule has 0 aliphatic heterocycles. The Balaban J connectivity index is 1.56. The summed E-state index contributed by atoms with van der Waals surface area (Å²) in [5, 5.41) is 1.93. The molecule has 0 bridgehead atoms. The van der Waals surface area contributed by atoms with Gasteiger partial charge in [0.2, 0.25) is 11.8 Å². The van der Waals surface area contributed by atoms with E-state index in [0.717, 1.165) is 16.9 Å². The van der Waals surface area contributed by atoms with Gasteiger partial charge in [-0.05, 0) is 42.5 Å². The Hall–Kier alpha value is -2.93. The number of thiophene rings is 1. The van der Waals surface area contributed by atoms with Crippen LogP contribution in [-0.4, -0.2) is 16.8 Å². The Morgan fingerprint density at radius 1 is 1.15 bits per heavy atom. The Bertz CT molecular complexity index is 899. The lowest BCUT2D eigenvalue weighted by molar-refractivity contribution is -0.121. The second-order valence-electron chi connectivity index (χ2n) is 5.73. The number of carbonyl (C=O) groups is 2. The van der Waals surface area contributed by atoms with E-state index in [9.17, 15) is 9.59 Å². The van der Waals surface area contributed by atoms with E-state index < -0.39 is 0 Å². The maximum absolute atomic E-state index is 12.1. The summed E-state index contributed by atoms with van der Waals surface area (Å²) in [5.74, 6) is 0.361. The molecule has 0 saturated carbocycles. The molecule has 0 fully saturated rings. The van der Waals surface area contributed by atoms with Crippen molar-refractivity contribution < 1.29 is 14.0 Å². The molecule has 0 saturated heterocycles. The Morgan fingerprint density at radius 3 is 2.58 bits per heavy atom. The highest BCUT2D eigenvalue weighted by molar-refractivity contribution is 7.13. The number of oxazole rings is 1. The number of rotatable bonds is 5. The molecule has 0 aliphatic carbocycles. The fourth-order valence-corrected chi connectivity index (χ4v) is 3.03. The van der Waals surface area contributed by atoms with E-state index in [1.54, 1.807) is 19.1 Å². The predicted molar refractivity (Wildman–Crippen MR) is 99.7 cm³/mol. The van der Waals surface area contributed by atoms with Gasteiger partial charge in [0.15, 0.2) is 0 Å². The van der Waals surface area contributed by atoms with E-state index in [1.165, 1.54) is 11.3 Å². The van der Waals surface area contributed by atoms with Crippen LogP contribution in [0.2, 0.25) is 0 Å². The molecule has 0 atom stereocenters. The number of hydrogen-bond acceptors (Lipinski definition) is 5. The van der Waals surface area contributed by atoms with Crippen LogP contribution in [0, 0.1) is 6.92 Å². The van der Waals surface area contributed by atoms with Crippen molar-refractivity contribution in [1.29, 1.82) is 0 Å². The number of aryl methyl sites for hydroxylation is 2. The summed E-state index contributed by atoms with van der Waals surface area (Å²) in [6, 6.07) is 11.1. The first-order chi connectivity index (χ1) is 12.6. The zero-order chi connectivity index (χ0) is 18.5. The molecule has 0 spiro atoms. The highest BCUT2D eigenvalue weighted by Gasteiger charge is 2.16. The summed E-state index contributed by atoms with van der Waals surface area (Å²) in [5.41, 5.74) is 7.01. The lowest BCUT2D eigenvalue weighted by Gasteiger charge is -2.07. The van der Waals surface area contributed by atoms with Gasteiger partial charge in [-0.3, -0.25) is 20.4 Å². The molecule has 7 heteroatoms. The quantitative estimate of drug-likeness (QED) is 0.676. The number of hydrogen-bond donors (Lipinski definition) is 2. The van der Waals surface area contributed by atoms with Crippen molar-refractivity contribution in [3.8, 4) is 10.8 Å². The van der Waals surface area contributed by atoms with Crippen LogP contribution in [0.3, 0.4) is 0 Å². The van der Waals surface area contributed by atoms with Crippen LogP contribution in [0.5, 0.6) is 0 Å². The van der Waals surface area contributed by atoms with E-state index in [4.69, 9.17) is 4.42 Å². The maximum atomic E-state index is 12.1. The van der Waals surface area contributed by atoms with Crippen LogP contribution in [0.15, 0.2) is 46.2 Å². The van der Waals surface area contributed by atoms with Gasteiger partial charge in [0.05, 0.1) is 17.0 Å². The van der Waals surface area contributed by atoms with Crippen molar-refractivity contribution in [2.24, 2.45) is 0 Å². The van der Waals surface area contributed by atoms with Gasteiger partial charge in [0, 0.05) is 5.56 Å². The summed E-state index contributed by atoms with van der Waals surface area (Å²) >= 11 is 1.52. The SMILES string of the molecule is CCc1ccc(C(=O)NNC(=O)Cc2nc(-c3cccs3)oc2C)cc1. The van der Waals surface area contributed by atoms with Crippen LogP contribution in [0.4, 0.5) is 0 Å². The highest BCUT2D eigenvalue weighted by atomic mass is 32.1. The van der Waals surface area contributed by atoms with Crippen molar-refractivity contribution in [2.75, 3.05) is 0 Å². The number of benzene rings is 1. The van der Waals surface area contributed by atoms with Crippen molar-refractivity contribution in [3.63, 3.8) is 0 Å². The minimum Gasteiger partial charge on any atom is -0.440 e. The number of aromatic nitrogens is 1. The van der Waals surface area contributed by atoms with Crippen molar-refractivity contribution in [1.82, 2.24) is 15.8 Å². The molecule has 2 amide bonds. The second-order valence-corrected chi connectivity index (χ2v) is 6.68. The Morgan fingerprint density at radius 2 is 1.92 bits per heavy atom. The Kier molecular flexibility index (Phi) is 5.48. The smallest absolute Gasteiger partial charge is 0.269 e. The monoisotopic (exact) mass is 369 g/mol. The van der Waals surface area contributed by atoms with Crippen LogP contribution in [0.1, 0.15) is 34.3 Å². The minimum absolute atomic E-state index is 0.0236. The maximum Gasteiger partial charge on any atom is 0.269 e. The van der Waals surface area contributed by atoms with Gasteiger partial charge >= 0.3 is 0 Å². The molecule has 0 unspecified atom stereocenters. The van der Waals surface area contributed by atoms with E-state index in [2.05, 4.69) is 15.8 Å². The van der Waals surface area contributed by atoms with Gasteiger partial charge < -0.3 is 4.42 Å². The zero-order valence-corrected chi connectivity index (χ0v) is 15.4. The topological polar surface area (TPSA) is 84.2 Å². The van der Waals surface area contributed by atoms with Crippen LogP contribution < -0.4 is 10.9 Å². The molecular formula is C19H19N3O3S.